The molecule has 9 nitrogen and oxygen atoms in total. The van der Waals surface area contributed by atoms with Crippen molar-refractivity contribution in [2.24, 2.45) is 0 Å². The molecule has 0 atom stereocenters. The fourth-order valence-corrected chi connectivity index (χ4v) is 2.65. The van der Waals surface area contributed by atoms with Crippen LogP contribution in [0.3, 0.4) is 0 Å². The number of amides is 1. The molecule has 0 saturated heterocycles. The minimum atomic E-state index is -0.658. The number of methoxy groups -OCH3 is 1. The highest BCUT2D eigenvalue weighted by Gasteiger charge is 2.19. The lowest BCUT2D eigenvalue weighted by molar-refractivity contribution is -0.383. The fourth-order valence-electron chi connectivity index (χ4n) is 2.48. The molecule has 0 unspecified atom stereocenters. The molecule has 0 radical (unpaired) electrons. The lowest BCUT2D eigenvalue weighted by Crippen LogP contribution is -2.12. The normalized spacial score (nSPS) is 10.3. The Labute approximate surface area is 175 Å². The van der Waals surface area contributed by atoms with Crippen molar-refractivity contribution < 1.29 is 28.4 Å². The summed E-state index contributed by atoms with van der Waals surface area (Å²) in [6.45, 7) is 0.0337. The van der Waals surface area contributed by atoms with Crippen molar-refractivity contribution in [2.75, 3.05) is 12.4 Å². The molecule has 3 aromatic rings. The molecule has 0 saturated carbocycles. The van der Waals surface area contributed by atoms with Crippen molar-refractivity contribution in [3.05, 3.63) is 86.8 Å². The van der Waals surface area contributed by atoms with E-state index in [4.69, 9.17) is 20.8 Å². The standard InChI is InChI=1S/C20H15ClN2O7/c1-28-20(25)12-2-5-14(6-3-12)29-11-15-7-9-18(30-15)19(24)22-16-8-4-13(21)10-17(16)23(26)27/h2-10H,11H2,1H3,(H,22,24). The van der Waals surface area contributed by atoms with Crippen LogP contribution in [-0.4, -0.2) is 23.9 Å². The third-order valence-electron chi connectivity index (χ3n) is 3.95. The Balaban J connectivity index is 1.63. The average molecular weight is 431 g/mol. The van der Waals surface area contributed by atoms with E-state index >= 15 is 0 Å². The van der Waals surface area contributed by atoms with E-state index in [1.165, 1.54) is 25.3 Å². The predicted octanol–water partition coefficient (Wildman–Crippen LogP) is 4.46. The number of hydrogen-bond acceptors (Lipinski definition) is 7. The number of esters is 1. The number of nitrogens with zero attached hydrogens (tertiary/aromatic N) is 1. The van der Waals surface area contributed by atoms with Crippen molar-refractivity contribution >= 4 is 34.9 Å². The summed E-state index contributed by atoms with van der Waals surface area (Å²) in [7, 11) is 1.29. The molecular weight excluding hydrogens is 416 g/mol. The van der Waals surface area contributed by atoms with Gasteiger partial charge in [-0.05, 0) is 48.5 Å². The van der Waals surface area contributed by atoms with Gasteiger partial charge in [0.15, 0.2) is 5.76 Å². The summed E-state index contributed by atoms with van der Waals surface area (Å²) in [5, 5.41) is 13.7. The molecule has 2 aromatic carbocycles. The Kier molecular flexibility index (Phi) is 6.33. The zero-order valence-electron chi connectivity index (χ0n) is 15.6. The molecule has 1 aromatic heterocycles. The number of benzene rings is 2. The smallest absolute Gasteiger partial charge is 0.337 e. The van der Waals surface area contributed by atoms with E-state index < -0.39 is 16.8 Å². The number of nitro benzene ring substituents is 1. The van der Waals surface area contributed by atoms with Crippen molar-refractivity contribution in [1.82, 2.24) is 0 Å². The van der Waals surface area contributed by atoms with Gasteiger partial charge in [-0.15, -0.1) is 0 Å². The maximum absolute atomic E-state index is 12.3. The number of hydrogen-bond donors (Lipinski definition) is 1. The van der Waals surface area contributed by atoms with Crippen molar-refractivity contribution in [1.29, 1.82) is 0 Å². The molecule has 0 spiro atoms. The first-order valence-electron chi connectivity index (χ1n) is 8.52. The molecule has 0 aliphatic carbocycles. The van der Waals surface area contributed by atoms with Crippen LogP contribution in [-0.2, 0) is 11.3 Å². The minimum Gasteiger partial charge on any atom is -0.486 e. The topological polar surface area (TPSA) is 121 Å². The maximum atomic E-state index is 12.3. The Morgan fingerprint density at radius 1 is 1.13 bits per heavy atom. The van der Waals surface area contributed by atoms with Crippen molar-refractivity contribution in [3.8, 4) is 5.75 Å². The minimum absolute atomic E-state index is 0.00528. The molecule has 1 N–H and O–H groups in total. The summed E-state index contributed by atoms with van der Waals surface area (Å²) in [5.74, 6) is -0.304. The molecule has 10 heteroatoms. The van der Waals surface area contributed by atoms with E-state index in [2.05, 4.69) is 10.1 Å². The molecule has 1 heterocycles. The zero-order chi connectivity index (χ0) is 21.7. The van der Waals surface area contributed by atoms with E-state index in [9.17, 15) is 19.7 Å². The molecule has 3 rings (SSSR count). The number of halogens is 1. The second kappa shape index (κ2) is 9.10. The van der Waals surface area contributed by atoms with Crippen LogP contribution in [0.2, 0.25) is 5.02 Å². The second-order valence-corrected chi connectivity index (χ2v) is 6.38. The van der Waals surface area contributed by atoms with Gasteiger partial charge in [0.1, 0.15) is 23.8 Å². The summed E-state index contributed by atoms with van der Waals surface area (Å²) in [6.07, 6.45) is 0. The fraction of sp³-hybridized carbons (Fsp3) is 0.100. The van der Waals surface area contributed by atoms with Gasteiger partial charge in [-0.25, -0.2) is 4.79 Å². The SMILES string of the molecule is COC(=O)c1ccc(OCc2ccc(C(=O)Nc3ccc(Cl)cc3[N+](=O)[O-])o2)cc1. The molecular formula is C20H15ClN2O7. The molecule has 0 bridgehead atoms. The Morgan fingerprint density at radius 3 is 2.53 bits per heavy atom. The van der Waals surface area contributed by atoms with E-state index in [-0.39, 0.29) is 28.8 Å². The Morgan fingerprint density at radius 2 is 1.87 bits per heavy atom. The van der Waals surface area contributed by atoms with Crippen LogP contribution < -0.4 is 10.1 Å². The summed E-state index contributed by atoms with van der Waals surface area (Å²) in [4.78, 5) is 34.2. The first-order chi connectivity index (χ1) is 14.4. The highest BCUT2D eigenvalue weighted by Crippen LogP contribution is 2.28. The first kappa shape index (κ1) is 20.9. The van der Waals surface area contributed by atoms with Gasteiger partial charge in [-0.3, -0.25) is 14.9 Å². The number of nitro groups is 1. The van der Waals surface area contributed by atoms with Gasteiger partial charge in [0.2, 0.25) is 0 Å². The largest absolute Gasteiger partial charge is 0.486 e. The molecule has 30 heavy (non-hydrogen) atoms. The van der Waals surface area contributed by atoms with Gasteiger partial charge >= 0.3 is 5.97 Å². The lowest BCUT2D eigenvalue weighted by Gasteiger charge is -2.06. The summed E-state index contributed by atoms with van der Waals surface area (Å²) in [5.41, 5.74) is 0.0498. The van der Waals surface area contributed by atoms with Gasteiger partial charge in [0, 0.05) is 11.1 Å². The van der Waals surface area contributed by atoms with Crippen LogP contribution in [0.25, 0.3) is 0 Å². The summed E-state index contributed by atoms with van der Waals surface area (Å²) < 4.78 is 15.6. The van der Waals surface area contributed by atoms with E-state index in [0.29, 0.717) is 17.1 Å². The number of rotatable bonds is 7. The highest BCUT2D eigenvalue weighted by atomic mass is 35.5. The van der Waals surface area contributed by atoms with Gasteiger partial charge in [0.05, 0.1) is 17.6 Å². The summed E-state index contributed by atoms with van der Waals surface area (Å²) >= 11 is 5.76. The van der Waals surface area contributed by atoms with E-state index in [1.54, 1.807) is 30.3 Å². The predicted molar refractivity (Wildman–Crippen MR) is 107 cm³/mol. The van der Waals surface area contributed by atoms with Crippen LogP contribution >= 0.6 is 11.6 Å². The number of furan rings is 1. The van der Waals surface area contributed by atoms with Gasteiger partial charge < -0.3 is 19.2 Å². The second-order valence-electron chi connectivity index (χ2n) is 5.94. The van der Waals surface area contributed by atoms with Gasteiger partial charge in [0.25, 0.3) is 11.6 Å². The van der Waals surface area contributed by atoms with Crippen molar-refractivity contribution in [3.63, 3.8) is 0 Å². The summed E-state index contributed by atoms with van der Waals surface area (Å²) in [6, 6.07) is 13.2. The van der Waals surface area contributed by atoms with Crippen LogP contribution in [0.15, 0.2) is 59.0 Å². The maximum Gasteiger partial charge on any atom is 0.337 e. The Hall–Kier alpha value is -3.85. The van der Waals surface area contributed by atoms with E-state index in [1.807, 2.05) is 0 Å². The third kappa shape index (κ3) is 4.95. The van der Waals surface area contributed by atoms with Crippen LogP contribution in [0.5, 0.6) is 5.75 Å². The third-order valence-corrected chi connectivity index (χ3v) is 4.18. The molecule has 1 amide bonds. The van der Waals surface area contributed by atoms with Crippen LogP contribution in [0.4, 0.5) is 11.4 Å². The van der Waals surface area contributed by atoms with Gasteiger partial charge in [-0.2, -0.15) is 0 Å². The lowest BCUT2D eigenvalue weighted by atomic mass is 10.2. The zero-order valence-corrected chi connectivity index (χ0v) is 16.3. The Bertz CT molecular complexity index is 1090. The van der Waals surface area contributed by atoms with Crippen LogP contribution in [0, 0.1) is 10.1 Å². The number of carbonyl (C=O) groups excluding carboxylic acids is 2. The number of nitrogens with one attached hydrogen (secondary N) is 1. The van der Waals surface area contributed by atoms with Crippen LogP contribution in [0.1, 0.15) is 26.7 Å². The number of ether oxygens (including phenoxy) is 2. The highest BCUT2D eigenvalue weighted by molar-refractivity contribution is 6.31. The molecule has 0 aliphatic heterocycles. The molecule has 0 aliphatic rings. The first-order valence-corrected chi connectivity index (χ1v) is 8.90. The van der Waals surface area contributed by atoms with Gasteiger partial charge in [-0.1, -0.05) is 11.6 Å². The monoisotopic (exact) mass is 430 g/mol. The number of carbonyl (C=O) groups is 2. The molecule has 154 valence electrons. The van der Waals surface area contributed by atoms with Crippen molar-refractivity contribution in [2.45, 2.75) is 6.61 Å². The van der Waals surface area contributed by atoms with E-state index in [0.717, 1.165) is 6.07 Å². The quantitative estimate of drug-likeness (QED) is 0.333. The average Bonchev–Trinajstić information content (AvgIpc) is 3.22. The number of anilines is 1. The molecule has 0 fully saturated rings.